The summed E-state index contributed by atoms with van der Waals surface area (Å²) in [6.07, 6.45) is 3.00. The van der Waals surface area contributed by atoms with Crippen LogP contribution in [0.3, 0.4) is 0 Å². The van der Waals surface area contributed by atoms with Gasteiger partial charge < -0.3 is 19.1 Å². The van der Waals surface area contributed by atoms with Gasteiger partial charge in [0.2, 0.25) is 5.91 Å². The number of aryl methyl sites for hydroxylation is 2. The van der Waals surface area contributed by atoms with E-state index >= 15 is 0 Å². The number of morpholine rings is 1. The number of aromatic nitrogens is 1. The first-order valence-corrected chi connectivity index (χ1v) is 10.9. The molecule has 2 amide bonds. The zero-order chi connectivity index (χ0) is 22.0. The summed E-state index contributed by atoms with van der Waals surface area (Å²) in [5, 5.41) is 0. The van der Waals surface area contributed by atoms with Crippen LogP contribution in [0.4, 0.5) is 0 Å². The van der Waals surface area contributed by atoms with E-state index in [9.17, 15) is 14.4 Å². The average Bonchev–Trinajstić information content (AvgIpc) is 2.77. The lowest BCUT2D eigenvalue weighted by Crippen LogP contribution is -2.47. The van der Waals surface area contributed by atoms with Gasteiger partial charge >= 0.3 is 0 Å². The zero-order valence-corrected chi connectivity index (χ0v) is 18.2. The molecule has 4 rings (SSSR count). The Kier molecular flexibility index (Phi) is 6.23. The highest BCUT2D eigenvalue weighted by Crippen LogP contribution is 2.23. The number of hydrogen-bond acceptors (Lipinski definition) is 4. The molecule has 2 aromatic rings. The first-order chi connectivity index (χ1) is 14.9. The van der Waals surface area contributed by atoms with Crippen molar-refractivity contribution in [1.82, 2.24) is 14.4 Å². The van der Waals surface area contributed by atoms with Crippen molar-refractivity contribution in [3.8, 4) is 0 Å². The summed E-state index contributed by atoms with van der Waals surface area (Å²) < 4.78 is 7.21. The number of rotatable bonds is 4. The average molecular weight is 424 g/mol. The van der Waals surface area contributed by atoms with E-state index in [0.717, 1.165) is 16.7 Å². The van der Waals surface area contributed by atoms with Crippen molar-refractivity contribution >= 4 is 11.8 Å². The monoisotopic (exact) mass is 423 g/mol. The van der Waals surface area contributed by atoms with Gasteiger partial charge in [0.25, 0.3) is 11.5 Å². The van der Waals surface area contributed by atoms with Crippen molar-refractivity contribution in [2.45, 2.75) is 45.9 Å². The number of pyridine rings is 1. The zero-order valence-electron chi connectivity index (χ0n) is 18.2. The summed E-state index contributed by atoms with van der Waals surface area (Å²) in [4.78, 5) is 42.3. The highest BCUT2D eigenvalue weighted by molar-refractivity contribution is 5.96. The molecule has 164 valence electrons. The second-order valence-electron chi connectivity index (χ2n) is 8.37. The molecule has 1 atom stereocenters. The molecule has 1 fully saturated rings. The van der Waals surface area contributed by atoms with E-state index in [1.165, 1.54) is 0 Å². The van der Waals surface area contributed by atoms with Gasteiger partial charge in [0.15, 0.2) is 0 Å². The molecule has 0 aliphatic carbocycles. The fourth-order valence-electron chi connectivity index (χ4n) is 4.42. The molecular weight excluding hydrogens is 394 g/mol. The number of carbonyl (C=O) groups is 2. The van der Waals surface area contributed by atoms with Crippen LogP contribution >= 0.6 is 0 Å². The van der Waals surface area contributed by atoms with Crippen molar-refractivity contribution in [2.75, 3.05) is 26.2 Å². The maximum Gasteiger partial charge on any atom is 0.263 e. The van der Waals surface area contributed by atoms with E-state index in [0.29, 0.717) is 52.2 Å². The van der Waals surface area contributed by atoms with Gasteiger partial charge in [-0.15, -0.1) is 0 Å². The molecule has 7 heteroatoms. The van der Waals surface area contributed by atoms with Crippen LogP contribution < -0.4 is 5.56 Å². The third-order valence-corrected chi connectivity index (χ3v) is 6.14. The number of amides is 2. The summed E-state index contributed by atoms with van der Waals surface area (Å²) in [6.45, 7) is 6.35. The molecule has 7 nitrogen and oxygen atoms in total. The van der Waals surface area contributed by atoms with Crippen LogP contribution in [0.25, 0.3) is 0 Å². The highest BCUT2D eigenvalue weighted by Gasteiger charge is 2.31. The van der Waals surface area contributed by atoms with Crippen LogP contribution in [0.2, 0.25) is 0 Å². The second-order valence-corrected chi connectivity index (χ2v) is 8.37. The molecule has 0 radical (unpaired) electrons. The second kappa shape index (κ2) is 9.06. The van der Waals surface area contributed by atoms with E-state index in [4.69, 9.17) is 4.74 Å². The van der Waals surface area contributed by atoms with E-state index < -0.39 is 0 Å². The molecule has 1 aromatic heterocycles. The normalized spacial score (nSPS) is 18.6. The third kappa shape index (κ3) is 4.56. The Labute approximate surface area is 182 Å². The van der Waals surface area contributed by atoms with Crippen molar-refractivity contribution in [3.05, 3.63) is 69.1 Å². The molecule has 31 heavy (non-hydrogen) atoms. The van der Waals surface area contributed by atoms with Crippen LogP contribution in [0.15, 0.2) is 41.3 Å². The first-order valence-electron chi connectivity index (χ1n) is 10.9. The molecule has 0 saturated carbocycles. The number of nitrogens with zero attached hydrogens (tertiary/aromatic N) is 3. The Balaban J connectivity index is 1.71. The Hall–Kier alpha value is -2.93. The van der Waals surface area contributed by atoms with E-state index in [1.54, 1.807) is 21.3 Å². The van der Waals surface area contributed by atoms with E-state index in [-0.39, 0.29) is 29.0 Å². The number of hydrogen-bond donors (Lipinski definition) is 0. The lowest BCUT2D eigenvalue weighted by molar-refractivity contribution is -0.129. The van der Waals surface area contributed by atoms with Gasteiger partial charge in [-0.25, -0.2) is 0 Å². The summed E-state index contributed by atoms with van der Waals surface area (Å²) in [5.41, 5.74) is 2.84. The Bertz CT molecular complexity index is 1030. The third-order valence-electron chi connectivity index (χ3n) is 6.14. The standard InChI is InChI=1S/C24H29N3O4/c1-17-14-27(12-13-31-17)24(30)22-21-9-11-25(18(2)28)15-20(21)16-26(23(22)29)10-8-19-6-4-3-5-7-19/h3-7,16-17H,8-15H2,1-2H3. The Morgan fingerprint density at radius 1 is 1.13 bits per heavy atom. The van der Waals surface area contributed by atoms with Crippen molar-refractivity contribution in [2.24, 2.45) is 0 Å². The van der Waals surface area contributed by atoms with Gasteiger partial charge in [0, 0.05) is 45.8 Å². The van der Waals surface area contributed by atoms with Crippen LogP contribution in [0.5, 0.6) is 0 Å². The predicted octanol–water partition coefficient (Wildman–Crippen LogP) is 1.86. The lowest BCUT2D eigenvalue weighted by Gasteiger charge is -2.33. The van der Waals surface area contributed by atoms with Crippen molar-refractivity contribution in [3.63, 3.8) is 0 Å². The van der Waals surface area contributed by atoms with Gasteiger partial charge in [-0.05, 0) is 36.5 Å². The molecule has 0 N–H and O–H groups in total. The maximum atomic E-state index is 13.5. The molecule has 1 aromatic carbocycles. The number of ether oxygens (including phenoxy) is 1. The number of carbonyl (C=O) groups excluding carboxylic acids is 2. The molecule has 2 aliphatic rings. The molecule has 1 saturated heterocycles. The van der Waals surface area contributed by atoms with Crippen LogP contribution in [-0.4, -0.2) is 58.5 Å². The largest absolute Gasteiger partial charge is 0.375 e. The van der Waals surface area contributed by atoms with Crippen molar-refractivity contribution in [1.29, 1.82) is 0 Å². The molecule has 3 heterocycles. The molecule has 2 aliphatic heterocycles. The SMILES string of the molecule is CC(=O)N1CCc2c(cn(CCc3ccccc3)c(=O)c2C(=O)N2CCOC(C)C2)C1. The number of benzene rings is 1. The Morgan fingerprint density at radius 2 is 1.90 bits per heavy atom. The van der Waals surface area contributed by atoms with Crippen LogP contribution in [0.1, 0.15) is 40.9 Å². The first kappa shape index (κ1) is 21.3. The number of fused-ring (bicyclic) bond motifs is 1. The smallest absolute Gasteiger partial charge is 0.263 e. The molecule has 0 spiro atoms. The summed E-state index contributed by atoms with van der Waals surface area (Å²) in [6, 6.07) is 9.98. The lowest BCUT2D eigenvalue weighted by atomic mass is 9.95. The summed E-state index contributed by atoms with van der Waals surface area (Å²) in [7, 11) is 0. The van der Waals surface area contributed by atoms with Crippen LogP contribution in [0, 0.1) is 0 Å². The minimum atomic E-state index is -0.241. The van der Waals surface area contributed by atoms with Gasteiger partial charge in [-0.1, -0.05) is 30.3 Å². The Morgan fingerprint density at radius 3 is 2.61 bits per heavy atom. The highest BCUT2D eigenvalue weighted by atomic mass is 16.5. The van der Waals surface area contributed by atoms with E-state index in [2.05, 4.69) is 0 Å². The minimum absolute atomic E-state index is 0.00238. The topological polar surface area (TPSA) is 71.9 Å². The summed E-state index contributed by atoms with van der Waals surface area (Å²) in [5.74, 6) is -0.218. The maximum absolute atomic E-state index is 13.5. The van der Waals surface area contributed by atoms with Crippen molar-refractivity contribution < 1.29 is 14.3 Å². The fraction of sp³-hybridized carbons (Fsp3) is 0.458. The minimum Gasteiger partial charge on any atom is -0.375 e. The predicted molar refractivity (Wildman–Crippen MR) is 117 cm³/mol. The molecule has 0 bridgehead atoms. The summed E-state index contributed by atoms with van der Waals surface area (Å²) >= 11 is 0. The molecule has 1 unspecified atom stereocenters. The van der Waals surface area contributed by atoms with Gasteiger partial charge in [0.05, 0.1) is 12.7 Å². The molecular formula is C24H29N3O4. The fourth-order valence-corrected chi connectivity index (χ4v) is 4.42. The van der Waals surface area contributed by atoms with Gasteiger partial charge in [-0.2, -0.15) is 0 Å². The quantitative estimate of drug-likeness (QED) is 0.753. The van der Waals surface area contributed by atoms with Gasteiger partial charge in [-0.3, -0.25) is 14.4 Å². The van der Waals surface area contributed by atoms with Gasteiger partial charge in [0.1, 0.15) is 5.56 Å². The van der Waals surface area contributed by atoms with E-state index in [1.807, 2.05) is 43.5 Å². The van der Waals surface area contributed by atoms with Crippen LogP contribution in [-0.2, 0) is 35.5 Å².